The van der Waals surface area contributed by atoms with Crippen molar-refractivity contribution in [3.05, 3.63) is 18.2 Å². The first-order valence-electron chi connectivity index (χ1n) is 6.76. The zero-order valence-corrected chi connectivity index (χ0v) is 10.6. The molecular weight excluding hydrogens is 212 g/mol. The molecule has 2 fully saturated rings. The van der Waals surface area contributed by atoms with Gasteiger partial charge < -0.3 is 14.8 Å². The van der Waals surface area contributed by atoms with Gasteiger partial charge in [0.15, 0.2) is 0 Å². The van der Waals surface area contributed by atoms with Crippen LogP contribution < -0.4 is 5.32 Å². The van der Waals surface area contributed by atoms with Crippen LogP contribution in [0.3, 0.4) is 0 Å². The Hall–Kier alpha value is -0.870. The number of fused-ring (bicyclic) bond motifs is 2. The molecule has 94 valence electrons. The summed E-state index contributed by atoms with van der Waals surface area (Å²) >= 11 is 0. The lowest BCUT2D eigenvalue weighted by Gasteiger charge is -2.23. The molecule has 0 aromatic carbocycles. The minimum Gasteiger partial charge on any atom is -0.338 e. The number of hydrogen-bond donors (Lipinski definition) is 1. The van der Waals surface area contributed by atoms with E-state index in [1.807, 2.05) is 12.4 Å². The lowest BCUT2D eigenvalue weighted by Crippen LogP contribution is -2.36. The zero-order valence-electron chi connectivity index (χ0n) is 10.6. The van der Waals surface area contributed by atoms with Crippen LogP contribution in [-0.2, 0) is 13.5 Å². The summed E-state index contributed by atoms with van der Waals surface area (Å²) in [6.45, 7) is 3.62. The summed E-state index contributed by atoms with van der Waals surface area (Å²) in [5.74, 6) is 1.20. The predicted octanol–water partition coefficient (Wildman–Crippen LogP) is 0.789. The van der Waals surface area contributed by atoms with Crippen molar-refractivity contribution in [1.29, 1.82) is 0 Å². The van der Waals surface area contributed by atoms with Crippen molar-refractivity contribution in [2.75, 3.05) is 19.6 Å². The Kier molecular flexibility index (Phi) is 3.16. The fraction of sp³-hybridized carbons (Fsp3) is 0.769. The van der Waals surface area contributed by atoms with E-state index in [1.165, 1.54) is 38.2 Å². The van der Waals surface area contributed by atoms with E-state index in [4.69, 9.17) is 0 Å². The highest BCUT2D eigenvalue weighted by Crippen LogP contribution is 2.20. The molecule has 2 bridgehead atoms. The average molecular weight is 234 g/mol. The van der Waals surface area contributed by atoms with E-state index >= 15 is 0 Å². The van der Waals surface area contributed by atoms with Crippen molar-refractivity contribution in [2.24, 2.45) is 7.05 Å². The second kappa shape index (κ2) is 4.78. The van der Waals surface area contributed by atoms with Crippen molar-refractivity contribution in [1.82, 2.24) is 19.8 Å². The Bertz CT molecular complexity index is 373. The van der Waals surface area contributed by atoms with Crippen LogP contribution in [0.1, 0.15) is 25.1 Å². The Morgan fingerprint density at radius 1 is 1.35 bits per heavy atom. The van der Waals surface area contributed by atoms with E-state index in [2.05, 4.69) is 26.8 Å². The molecule has 2 saturated heterocycles. The molecule has 3 rings (SSSR count). The van der Waals surface area contributed by atoms with Gasteiger partial charge in [0.05, 0.1) is 0 Å². The van der Waals surface area contributed by atoms with Crippen LogP contribution in [0, 0.1) is 0 Å². The lowest BCUT2D eigenvalue weighted by atomic mass is 10.1. The molecule has 17 heavy (non-hydrogen) atoms. The van der Waals surface area contributed by atoms with E-state index < -0.39 is 0 Å². The number of nitrogens with zero attached hydrogens (tertiary/aromatic N) is 3. The molecule has 0 spiro atoms. The maximum Gasteiger partial charge on any atom is 0.109 e. The summed E-state index contributed by atoms with van der Waals surface area (Å²) in [5, 5.41) is 3.72. The number of aryl methyl sites for hydroxylation is 1. The van der Waals surface area contributed by atoms with Crippen molar-refractivity contribution in [3.8, 4) is 0 Å². The Morgan fingerprint density at radius 2 is 2.24 bits per heavy atom. The van der Waals surface area contributed by atoms with Gasteiger partial charge in [0, 0.05) is 51.0 Å². The first-order chi connectivity index (χ1) is 8.31. The van der Waals surface area contributed by atoms with Crippen LogP contribution in [0.4, 0.5) is 0 Å². The number of aromatic nitrogens is 2. The van der Waals surface area contributed by atoms with Gasteiger partial charge in [-0.05, 0) is 25.8 Å². The molecule has 0 radical (unpaired) electrons. The van der Waals surface area contributed by atoms with Gasteiger partial charge in [-0.1, -0.05) is 0 Å². The van der Waals surface area contributed by atoms with Crippen molar-refractivity contribution < 1.29 is 0 Å². The topological polar surface area (TPSA) is 33.1 Å². The van der Waals surface area contributed by atoms with Crippen LogP contribution in [0.15, 0.2) is 12.4 Å². The quantitative estimate of drug-likeness (QED) is 0.839. The van der Waals surface area contributed by atoms with E-state index in [-0.39, 0.29) is 0 Å². The molecule has 2 aliphatic heterocycles. The number of imidazole rings is 1. The Balaban J connectivity index is 1.53. The third-order valence-corrected chi connectivity index (χ3v) is 4.18. The number of nitrogens with one attached hydrogen (secondary N) is 1. The second-order valence-electron chi connectivity index (χ2n) is 5.43. The summed E-state index contributed by atoms with van der Waals surface area (Å²) in [6.07, 6.45) is 9.06. The molecule has 2 unspecified atom stereocenters. The lowest BCUT2D eigenvalue weighted by molar-refractivity contribution is 0.260. The van der Waals surface area contributed by atoms with E-state index in [0.29, 0.717) is 0 Å². The van der Waals surface area contributed by atoms with Crippen LogP contribution in [-0.4, -0.2) is 46.2 Å². The Labute approximate surface area is 103 Å². The molecule has 2 atom stereocenters. The fourth-order valence-electron chi connectivity index (χ4n) is 3.11. The number of likely N-dealkylation sites (tertiary alicyclic amines) is 1. The van der Waals surface area contributed by atoms with Gasteiger partial charge in [-0.15, -0.1) is 0 Å². The summed E-state index contributed by atoms with van der Waals surface area (Å²) in [7, 11) is 2.08. The SMILES string of the molecule is Cn1ccnc1CCN1CCC2CCC(C1)N2. The molecule has 0 saturated carbocycles. The number of hydrogen-bond acceptors (Lipinski definition) is 3. The highest BCUT2D eigenvalue weighted by atomic mass is 15.2. The standard InChI is InChI=1S/C13H22N4/c1-16-9-6-14-13(16)5-8-17-7-4-11-2-3-12(10-17)15-11/h6,9,11-12,15H,2-5,7-8,10H2,1H3. The molecule has 3 heterocycles. The van der Waals surface area contributed by atoms with Gasteiger partial charge in [0.25, 0.3) is 0 Å². The van der Waals surface area contributed by atoms with Crippen LogP contribution in [0.25, 0.3) is 0 Å². The maximum absolute atomic E-state index is 4.39. The molecule has 4 heteroatoms. The first-order valence-corrected chi connectivity index (χ1v) is 6.76. The molecule has 0 aliphatic carbocycles. The predicted molar refractivity (Wildman–Crippen MR) is 67.9 cm³/mol. The molecule has 4 nitrogen and oxygen atoms in total. The van der Waals surface area contributed by atoms with E-state index in [1.54, 1.807) is 0 Å². The summed E-state index contributed by atoms with van der Waals surface area (Å²) in [5.41, 5.74) is 0. The van der Waals surface area contributed by atoms with Crippen molar-refractivity contribution >= 4 is 0 Å². The highest BCUT2D eigenvalue weighted by Gasteiger charge is 2.28. The third-order valence-electron chi connectivity index (χ3n) is 4.18. The molecule has 0 amide bonds. The van der Waals surface area contributed by atoms with Crippen molar-refractivity contribution in [3.63, 3.8) is 0 Å². The molecule has 1 aromatic heterocycles. The second-order valence-corrected chi connectivity index (χ2v) is 5.43. The normalized spacial score (nSPS) is 29.5. The number of rotatable bonds is 3. The van der Waals surface area contributed by atoms with E-state index in [0.717, 1.165) is 25.0 Å². The van der Waals surface area contributed by atoms with Gasteiger partial charge in [0.1, 0.15) is 5.82 Å². The minimum absolute atomic E-state index is 0.740. The van der Waals surface area contributed by atoms with Gasteiger partial charge in [-0.25, -0.2) is 4.98 Å². The molecular formula is C13H22N4. The first kappa shape index (κ1) is 11.2. The molecule has 1 N–H and O–H groups in total. The molecule has 1 aromatic rings. The van der Waals surface area contributed by atoms with E-state index in [9.17, 15) is 0 Å². The monoisotopic (exact) mass is 234 g/mol. The summed E-state index contributed by atoms with van der Waals surface area (Å²) < 4.78 is 2.13. The van der Waals surface area contributed by atoms with Gasteiger partial charge in [-0.3, -0.25) is 0 Å². The summed E-state index contributed by atoms with van der Waals surface area (Å²) in [4.78, 5) is 6.99. The third kappa shape index (κ3) is 2.53. The zero-order chi connectivity index (χ0) is 11.7. The largest absolute Gasteiger partial charge is 0.338 e. The van der Waals surface area contributed by atoms with Crippen LogP contribution in [0.2, 0.25) is 0 Å². The van der Waals surface area contributed by atoms with Crippen LogP contribution in [0.5, 0.6) is 0 Å². The van der Waals surface area contributed by atoms with Crippen molar-refractivity contribution in [2.45, 2.75) is 37.8 Å². The fourth-order valence-corrected chi connectivity index (χ4v) is 3.11. The Morgan fingerprint density at radius 3 is 3.06 bits per heavy atom. The van der Waals surface area contributed by atoms with Gasteiger partial charge >= 0.3 is 0 Å². The smallest absolute Gasteiger partial charge is 0.109 e. The van der Waals surface area contributed by atoms with Gasteiger partial charge in [0.2, 0.25) is 0 Å². The summed E-state index contributed by atoms with van der Waals surface area (Å²) in [6, 6.07) is 1.53. The molecule has 2 aliphatic rings. The minimum atomic E-state index is 0.740. The maximum atomic E-state index is 4.39. The average Bonchev–Trinajstić information content (AvgIpc) is 2.84. The van der Waals surface area contributed by atoms with Crippen LogP contribution >= 0.6 is 0 Å². The highest BCUT2D eigenvalue weighted by molar-refractivity contribution is 4.94. The van der Waals surface area contributed by atoms with Gasteiger partial charge in [-0.2, -0.15) is 0 Å².